The molecule has 1 unspecified atom stereocenters. The lowest BCUT2D eigenvalue weighted by Gasteiger charge is -2.09. The van der Waals surface area contributed by atoms with Gasteiger partial charge in [-0.1, -0.05) is 0 Å². The van der Waals surface area contributed by atoms with Gasteiger partial charge in [-0.05, 0) is 6.42 Å². The predicted molar refractivity (Wildman–Crippen MR) is 35.3 cm³/mol. The molecule has 0 aromatic heterocycles. The minimum atomic E-state index is -3.10. The van der Waals surface area contributed by atoms with E-state index in [2.05, 4.69) is 11.1 Å². The lowest BCUT2D eigenvalue weighted by atomic mass is 10.2. The maximum atomic E-state index is 11.0. The van der Waals surface area contributed by atoms with Crippen LogP contribution in [0.4, 0.5) is 0 Å². The van der Waals surface area contributed by atoms with Gasteiger partial charge in [0.15, 0.2) is 0 Å². The highest BCUT2D eigenvalue weighted by Gasteiger charge is 2.40. The molecule has 0 aliphatic carbocycles. The van der Waals surface area contributed by atoms with Gasteiger partial charge in [0.2, 0.25) is 0 Å². The molecule has 0 spiro atoms. The molecule has 1 atom stereocenters. The lowest BCUT2D eigenvalue weighted by Crippen LogP contribution is -2.30. The van der Waals surface area contributed by atoms with Crippen LogP contribution in [-0.2, 0) is 10.2 Å². The molecule has 0 bridgehead atoms. The van der Waals surface area contributed by atoms with Crippen molar-refractivity contribution in [1.29, 1.82) is 0 Å². The highest BCUT2D eigenvalue weighted by atomic mass is 32.2. The van der Waals surface area contributed by atoms with Crippen LogP contribution in [0, 0.1) is 6.42 Å². The summed E-state index contributed by atoms with van der Waals surface area (Å²) in [5, 5.41) is 0. The molecule has 0 amide bonds. The van der Waals surface area contributed by atoms with E-state index in [1.807, 2.05) is 0 Å². The summed E-state index contributed by atoms with van der Waals surface area (Å²) >= 11 is 0. The Kier molecular flexibility index (Phi) is 1.27. The standard InChI is InChI=1S/C5H8N2O2S/c8-10(9)6-4-5-2-1-3-7(5)10/h5-6H,2-4H2. The summed E-state index contributed by atoms with van der Waals surface area (Å²) < 4.78 is 25.9. The summed E-state index contributed by atoms with van der Waals surface area (Å²) in [6.07, 6.45) is 3.76. The molecule has 5 heteroatoms. The Bertz CT molecular complexity index is 236. The fourth-order valence-electron chi connectivity index (χ4n) is 1.31. The fourth-order valence-corrected chi connectivity index (χ4v) is 2.68. The Morgan fingerprint density at radius 3 is 3.10 bits per heavy atom. The Morgan fingerprint density at radius 2 is 2.40 bits per heavy atom. The van der Waals surface area contributed by atoms with Gasteiger partial charge < -0.3 is 0 Å². The highest BCUT2D eigenvalue weighted by Crippen LogP contribution is 2.22. The molecule has 2 rings (SSSR count). The third kappa shape index (κ3) is 0.777. The van der Waals surface area contributed by atoms with Crippen molar-refractivity contribution in [2.24, 2.45) is 0 Å². The monoisotopic (exact) mass is 160 g/mol. The fraction of sp³-hybridized carbons (Fsp3) is 0.800. The van der Waals surface area contributed by atoms with Gasteiger partial charge in [-0.15, -0.1) is 0 Å². The second kappa shape index (κ2) is 1.93. The molecule has 0 aromatic rings. The first kappa shape index (κ1) is 6.57. The van der Waals surface area contributed by atoms with Crippen molar-refractivity contribution in [2.75, 3.05) is 13.1 Å². The van der Waals surface area contributed by atoms with Gasteiger partial charge >= 0.3 is 0 Å². The number of hydrogen-bond donors (Lipinski definition) is 1. The first-order chi connectivity index (χ1) is 4.70. The minimum absolute atomic E-state index is 0.144. The van der Waals surface area contributed by atoms with Gasteiger partial charge in [0, 0.05) is 25.6 Å². The van der Waals surface area contributed by atoms with Gasteiger partial charge in [0.1, 0.15) is 0 Å². The van der Waals surface area contributed by atoms with Gasteiger partial charge in [0.25, 0.3) is 10.2 Å². The zero-order valence-electron chi connectivity index (χ0n) is 5.37. The van der Waals surface area contributed by atoms with Crippen LogP contribution in [0.5, 0.6) is 0 Å². The van der Waals surface area contributed by atoms with Crippen molar-refractivity contribution in [2.45, 2.75) is 12.5 Å². The van der Waals surface area contributed by atoms with Crippen LogP contribution in [0.3, 0.4) is 0 Å². The summed E-state index contributed by atoms with van der Waals surface area (Å²) in [5.41, 5.74) is 0. The predicted octanol–water partition coefficient (Wildman–Crippen LogP) is -1.01. The number of nitrogens with zero attached hydrogens (tertiary/aromatic N) is 1. The highest BCUT2D eigenvalue weighted by molar-refractivity contribution is 7.87. The van der Waals surface area contributed by atoms with E-state index in [1.165, 1.54) is 4.31 Å². The van der Waals surface area contributed by atoms with Gasteiger partial charge in [-0.3, -0.25) is 0 Å². The topological polar surface area (TPSA) is 49.4 Å². The van der Waals surface area contributed by atoms with Crippen LogP contribution >= 0.6 is 0 Å². The van der Waals surface area contributed by atoms with Crippen molar-refractivity contribution in [3.05, 3.63) is 6.42 Å². The first-order valence-electron chi connectivity index (χ1n) is 3.17. The smallest absolute Gasteiger partial charge is 0.200 e. The SMILES string of the molecule is O=S1(=O)NCC2C[C]CN21. The Balaban J connectivity index is 2.32. The number of nitrogens with one attached hydrogen (secondary N) is 1. The zero-order chi connectivity index (χ0) is 7.19. The van der Waals surface area contributed by atoms with Crippen LogP contribution in [0.25, 0.3) is 0 Å². The van der Waals surface area contributed by atoms with Gasteiger partial charge in [-0.2, -0.15) is 12.7 Å². The molecule has 4 nitrogen and oxygen atoms in total. The molecule has 10 heavy (non-hydrogen) atoms. The largest absolute Gasteiger partial charge is 0.279 e. The van der Waals surface area contributed by atoms with E-state index >= 15 is 0 Å². The molecule has 2 aliphatic rings. The average Bonchev–Trinajstić information content (AvgIpc) is 2.36. The van der Waals surface area contributed by atoms with Crippen LogP contribution < -0.4 is 4.72 Å². The summed E-state index contributed by atoms with van der Waals surface area (Å²) in [5.74, 6) is 0. The third-order valence-corrected chi connectivity index (χ3v) is 3.44. The van der Waals surface area contributed by atoms with Gasteiger partial charge in [-0.25, -0.2) is 4.72 Å². The van der Waals surface area contributed by atoms with E-state index in [0.717, 1.165) is 6.42 Å². The molecule has 0 aromatic carbocycles. The first-order valence-corrected chi connectivity index (χ1v) is 4.61. The average molecular weight is 160 g/mol. The normalized spacial score (nSPS) is 38.2. The molecular weight excluding hydrogens is 152 g/mol. The summed E-state index contributed by atoms with van der Waals surface area (Å²) in [6.45, 7) is 1.01. The van der Waals surface area contributed by atoms with Crippen molar-refractivity contribution in [3.63, 3.8) is 0 Å². The van der Waals surface area contributed by atoms with E-state index < -0.39 is 10.2 Å². The van der Waals surface area contributed by atoms with Crippen molar-refractivity contribution in [3.8, 4) is 0 Å². The number of fused-ring (bicyclic) bond motifs is 1. The van der Waals surface area contributed by atoms with E-state index in [9.17, 15) is 8.42 Å². The second-order valence-electron chi connectivity index (χ2n) is 2.51. The van der Waals surface area contributed by atoms with E-state index in [-0.39, 0.29) is 6.04 Å². The van der Waals surface area contributed by atoms with Crippen LogP contribution in [-0.4, -0.2) is 31.9 Å². The maximum Gasteiger partial charge on any atom is 0.279 e. The van der Waals surface area contributed by atoms with E-state index in [0.29, 0.717) is 13.1 Å². The number of hydrogen-bond acceptors (Lipinski definition) is 2. The maximum absolute atomic E-state index is 11.0. The molecule has 2 heterocycles. The Hall–Kier alpha value is -0.130. The quantitative estimate of drug-likeness (QED) is 0.493. The molecule has 2 fully saturated rings. The summed E-state index contributed by atoms with van der Waals surface area (Å²) in [6, 6.07) is 0.144. The van der Waals surface area contributed by atoms with Crippen molar-refractivity contribution in [1.82, 2.24) is 9.03 Å². The molecular formula is C5H8N2O2S. The zero-order valence-corrected chi connectivity index (χ0v) is 6.19. The van der Waals surface area contributed by atoms with Crippen LogP contribution in [0.1, 0.15) is 6.42 Å². The van der Waals surface area contributed by atoms with E-state index in [4.69, 9.17) is 0 Å². The Labute approximate surface area is 60.4 Å². The van der Waals surface area contributed by atoms with E-state index in [1.54, 1.807) is 0 Å². The summed E-state index contributed by atoms with van der Waals surface area (Å²) in [4.78, 5) is 0. The summed E-state index contributed by atoms with van der Waals surface area (Å²) in [7, 11) is -3.10. The van der Waals surface area contributed by atoms with Crippen molar-refractivity contribution < 1.29 is 8.42 Å². The number of rotatable bonds is 0. The molecule has 1 N–H and O–H groups in total. The minimum Gasteiger partial charge on any atom is -0.200 e. The van der Waals surface area contributed by atoms with Gasteiger partial charge in [0.05, 0.1) is 0 Å². The molecule has 2 saturated heterocycles. The Morgan fingerprint density at radius 1 is 1.60 bits per heavy atom. The lowest BCUT2D eigenvalue weighted by molar-refractivity contribution is 0.433. The molecule has 0 saturated carbocycles. The van der Waals surface area contributed by atoms with Crippen LogP contribution in [0.15, 0.2) is 0 Å². The third-order valence-electron chi connectivity index (χ3n) is 1.86. The molecule has 2 aliphatic heterocycles. The molecule has 2 radical (unpaired) electrons. The molecule has 56 valence electrons. The second-order valence-corrected chi connectivity index (χ2v) is 4.21. The van der Waals surface area contributed by atoms with Crippen LogP contribution in [0.2, 0.25) is 0 Å². The van der Waals surface area contributed by atoms with Crippen molar-refractivity contribution >= 4 is 10.2 Å².